The van der Waals surface area contributed by atoms with Crippen LogP contribution in [0.3, 0.4) is 0 Å². The second-order valence-electron chi connectivity index (χ2n) is 5.75. The molecule has 0 unspecified atom stereocenters. The number of amides is 1. The lowest BCUT2D eigenvalue weighted by Gasteiger charge is -2.07. The summed E-state index contributed by atoms with van der Waals surface area (Å²) in [6.07, 6.45) is 0. The first-order valence-electron chi connectivity index (χ1n) is 8.13. The summed E-state index contributed by atoms with van der Waals surface area (Å²) < 4.78 is 15.6. The minimum Gasteiger partial charge on any atom is -0.484 e. The summed E-state index contributed by atoms with van der Waals surface area (Å²) in [5.41, 5.74) is 0.351. The van der Waals surface area contributed by atoms with Crippen LogP contribution in [-0.4, -0.2) is 25.6 Å². The van der Waals surface area contributed by atoms with Gasteiger partial charge in [-0.15, -0.1) is 0 Å². The van der Waals surface area contributed by atoms with Crippen LogP contribution in [0.5, 0.6) is 5.75 Å². The molecule has 0 aliphatic rings. The van der Waals surface area contributed by atoms with Gasteiger partial charge in [-0.05, 0) is 35.9 Å². The van der Waals surface area contributed by atoms with Crippen LogP contribution < -0.4 is 10.1 Å². The van der Waals surface area contributed by atoms with Crippen molar-refractivity contribution < 1.29 is 23.5 Å². The van der Waals surface area contributed by atoms with Crippen molar-refractivity contribution in [2.45, 2.75) is 13.5 Å². The van der Waals surface area contributed by atoms with Gasteiger partial charge in [-0.2, -0.15) is 0 Å². The van der Waals surface area contributed by atoms with Crippen molar-refractivity contribution in [3.63, 3.8) is 0 Å². The molecule has 1 aromatic heterocycles. The number of esters is 1. The summed E-state index contributed by atoms with van der Waals surface area (Å²) in [6, 6.07) is 15.1. The molecule has 0 radical (unpaired) electrons. The number of furan rings is 1. The summed E-state index contributed by atoms with van der Waals surface area (Å²) in [5.74, 6) is 0.798. The van der Waals surface area contributed by atoms with Crippen molar-refractivity contribution >= 4 is 22.6 Å². The molecule has 0 saturated heterocycles. The number of carbonyl (C=O) groups is 2. The zero-order valence-corrected chi connectivity index (χ0v) is 14.6. The average Bonchev–Trinajstić information content (AvgIpc) is 3.04. The zero-order valence-electron chi connectivity index (χ0n) is 14.6. The molecule has 1 N–H and O–H groups in total. The third-order valence-corrected chi connectivity index (χ3v) is 3.92. The minimum absolute atomic E-state index is 0.109. The summed E-state index contributed by atoms with van der Waals surface area (Å²) in [5, 5.41) is 4.85. The van der Waals surface area contributed by atoms with Gasteiger partial charge < -0.3 is 19.2 Å². The van der Waals surface area contributed by atoms with E-state index in [-0.39, 0.29) is 19.1 Å². The van der Waals surface area contributed by atoms with E-state index in [1.807, 2.05) is 42.5 Å². The van der Waals surface area contributed by atoms with Crippen LogP contribution >= 0.6 is 0 Å². The molecule has 2 aromatic carbocycles. The Hall–Kier alpha value is -3.28. The fraction of sp³-hybridized carbons (Fsp3) is 0.200. The molecule has 0 spiro atoms. The van der Waals surface area contributed by atoms with E-state index in [9.17, 15) is 9.59 Å². The average molecular weight is 353 g/mol. The second kappa shape index (κ2) is 7.74. The molecule has 1 amide bonds. The monoisotopic (exact) mass is 353 g/mol. The Labute approximate surface area is 150 Å². The number of rotatable bonds is 6. The van der Waals surface area contributed by atoms with Crippen molar-refractivity contribution in [3.8, 4) is 5.75 Å². The normalized spacial score (nSPS) is 10.5. The van der Waals surface area contributed by atoms with Crippen LogP contribution in [0.25, 0.3) is 10.8 Å². The van der Waals surface area contributed by atoms with Gasteiger partial charge in [0.25, 0.3) is 5.91 Å². The standard InChI is InChI=1S/C20H19NO5/c1-13-18(20(23)24-2)10-17(26-13)11-21-19(22)12-25-16-8-7-14-5-3-4-6-15(14)9-16/h3-10H,11-12H2,1-2H3,(H,21,22). The first-order valence-corrected chi connectivity index (χ1v) is 8.13. The minimum atomic E-state index is -0.469. The Morgan fingerprint density at radius 1 is 1.08 bits per heavy atom. The number of hydrogen-bond donors (Lipinski definition) is 1. The smallest absolute Gasteiger partial charge is 0.341 e. The van der Waals surface area contributed by atoms with E-state index in [1.165, 1.54) is 7.11 Å². The Morgan fingerprint density at radius 3 is 2.62 bits per heavy atom. The third kappa shape index (κ3) is 4.03. The van der Waals surface area contributed by atoms with E-state index in [1.54, 1.807) is 13.0 Å². The lowest BCUT2D eigenvalue weighted by Crippen LogP contribution is -2.28. The van der Waals surface area contributed by atoms with Crippen LogP contribution in [0.4, 0.5) is 0 Å². The third-order valence-electron chi connectivity index (χ3n) is 3.92. The highest BCUT2D eigenvalue weighted by Crippen LogP contribution is 2.20. The van der Waals surface area contributed by atoms with E-state index in [2.05, 4.69) is 10.1 Å². The molecule has 6 heteroatoms. The Bertz CT molecular complexity index is 944. The van der Waals surface area contributed by atoms with Crippen molar-refractivity contribution in [3.05, 3.63) is 65.6 Å². The molecule has 3 aromatic rings. The van der Waals surface area contributed by atoms with Crippen LogP contribution in [0.1, 0.15) is 21.9 Å². The first-order chi connectivity index (χ1) is 12.6. The van der Waals surface area contributed by atoms with Gasteiger partial charge in [0, 0.05) is 0 Å². The first kappa shape index (κ1) is 17.5. The van der Waals surface area contributed by atoms with E-state index < -0.39 is 5.97 Å². The maximum atomic E-state index is 12.0. The fourth-order valence-electron chi connectivity index (χ4n) is 2.59. The number of fused-ring (bicyclic) bond motifs is 1. The number of ether oxygens (including phenoxy) is 2. The lowest BCUT2D eigenvalue weighted by molar-refractivity contribution is -0.123. The predicted octanol–water partition coefficient (Wildman–Crippen LogP) is 3.22. The lowest BCUT2D eigenvalue weighted by atomic mass is 10.1. The summed E-state index contributed by atoms with van der Waals surface area (Å²) in [7, 11) is 1.31. The Kier molecular flexibility index (Phi) is 5.22. The highest BCUT2D eigenvalue weighted by molar-refractivity contribution is 5.90. The Morgan fingerprint density at radius 2 is 1.85 bits per heavy atom. The van der Waals surface area contributed by atoms with Gasteiger partial charge in [0.05, 0.1) is 13.7 Å². The Balaban J connectivity index is 1.53. The van der Waals surface area contributed by atoms with E-state index in [4.69, 9.17) is 9.15 Å². The summed E-state index contributed by atoms with van der Waals surface area (Å²) in [4.78, 5) is 23.5. The van der Waals surface area contributed by atoms with Crippen molar-refractivity contribution in [1.29, 1.82) is 0 Å². The van der Waals surface area contributed by atoms with Crippen LogP contribution in [-0.2, 0) is 16.1 Å². The van der Waals surface area contributed by atoms with E-state index >= 15 is 0 Å². The fourth-order valence-corrected chi connectivity index (χ4v) is 2.59. The quantitative estimate of drug-likeness (QED) is 0.689. The SMILES string of the molecule is COC(=O)c1cc(CNC(=O)COc2ccc3ccccc3c2)oc1C. The molecule has 134 valence electrons. The molecule has 3 rings (SSSR count). The number of carbonyl (C=O) groups excluding carboxylic acids is 2. The largest absolute Gasteiger partial charge is 0.484 e. The van der Waals surface area contributed by atoms with Gasteiger partial charge in [0.1, 0.15) is 22.8 Å². The molecule has 0 saturated carbocycles. The van der Waals surface area contributed by atoms with Gasteiger partial charge in [-0.1, -0.05) is 30.3 Å². The molecule has 1 heterocycles. The van der Waals surface area contributed by atoms with Crippen LogP contribution in [0, 0.1) is 6.92 Å². The maximum Gasteiger partial charge on any atom is 0.341 e. The highest BCUT2D eigenvalue weighted by Gasteiger charge is 2.15. The molecular formula is C20H19NO5. The van der Waals surface area contributed by atoms with Gasteiger partial charge in [0.15, 0.2) is 6.61 Å². The molecule has 0 bridgehead atoms. The molecule has 0 aliphatic carbocycles. The van der Waals surface area contributed by atoms with Crippen molar-refractivity contribution in [1.82, 2.24) is 5.32 Å². The number of nitrogens with one attached hydrogen (secondary N) is 1. The molecule has 0 fully saturated rings. The van der Waals surface area contributed by atoms with Crippen LogP contribution in [0.15, 0.2) is 52.9 Å². The predicted molar refractivity (Wildman–Crippen MR) is 96.1 cm³/mol. The zero-order chi connectivity index (χ0) is 18.5. The number of aryl methyl sites for hydroxylation is 1. The van der Waals surface area contributed by atoms with Gasteiger partial charge >= 0.3 is 5.97 Å². The number of benzene rings is 2. The summed E-state index contributed by atoms with van der Waals surface area (Å²) >= 11 is 0. The molecule has 0 atom stereocenters. The number of methoxy groups -OCH3 is 1. The van der Waals surface area contributed by atoms with Gasteiger partial charge in [-0.3, -0.25) is 4.79 Å². The maximum absolute atomic E-state index is 12.0. The van der Waals surface area contributed by atoms with Gasteiger partial charge in [0.2, 0.25) is 0 Å². The second-order valence-corrected chi connectivity index (χ2v) is 5.75. The highest BCUT2D eigenvalue weighted by atomic mass is 16.5. The molecular weight excluding hydrogens is 334 g/mol. The number of hydrogen-bond acceptors (Lipinski definition) is 5. The van der Waals surface area contributed by atoms with Gasteiger partial charge in [-0.25, -0.2) is 4.79 Å². The van der Waals surface area contributed by atoms with E-state index in [0.29, 0.717) is 22.8 Å². The molecule has 26 heavy (non-hydrogen) atoms. The molecule has 6 nitrogen and oxygen atoms in total. The topological polar surface area (TPSA) is 77.8 Å². The van der Waals surface area contributed by atoms with Crippen LogP contribution in [0.2, 0.25) is 0 Å². The van der Waals surface area contributed by atoms with Crippen molar-refractivity contribution in [2.75, 3.05) is 13.7 Å². The van der Waals surface area contributed by atoms with Crippen molar-refractivity contribution in [2.24, 2.45) is 0 Å². The van der Waals surface area contributed by atoms with E-state index in [0.717, 1.165) is 10.8 Å². The summed E-state index contributed by atoms with van der Waals surface area (Å²) in [6.45, 7) is 1.72. The molecule has 0 aliphatic heterocycles.